The summed E-state index contributed by atoms with van der Waals surface area (Å²) in [6, 6.07) is 11.1. The van der Waals surface area contributed by atoms with Crippen LogP contribution in [0.15, 0.2) is 53.4 Å². The summed E-state index contributed by atoms with van der Waals surface area (Å²) in [7, 11) is -4.02. The van der Waals surface area contributed by atoms with E-state index in [9.17, 15) is 13.2 Å². The van der Waals surface area contributed by atoms with Gasteiger partial charge in [-0.25, -0.2) is 13.1 Å². The van der Waals surface area contributed by atoms with Gasteiger partial charge >= 0.3 is 0 Å². The van der Waals surface area contributed by atoms with E-state index >= 15 is 0 Å². The summed E-state index contributed by atoms with van der Waals surface area (Å²) in [4.78, 5) is 12.0. The van der Waals surface area contributed by atoms with Crippen molar-refractivity contribution in [1.82, 2.24) is 20.1 Å². The number of sulfonamides is 1. The first kappa shape index (κ1) is 17.1. The van der Waals surface area contributed by atoms with E-state index < -0.39 is 15.9 Å². The van der Waals surface area contributed by atoms with Crippen LogP contribution in [-0.4, -0.2) is 29.7 Å². The average Bonchev–Trinajstić information content (AvgIpc) is 3.01. The number of allylic oxidation sites excluding steroid dienone is 1. The van der Waals surface area contributed by atoms with Crippen molar-refractivity contribution in [2.45, 2.75) is 11.8 Å². The van der Waals surface area contributed by atoms with Gasteiger partial charge in [-0.2, -0.15) is 15.4 Å². The zero-order chi connectivity index (χ0) is 18.0. The van der Waals surface area contributed by atoms with Crippen LogP contribution in [0.3, 0.4) is 0 Å². The molecule has 0 spiro atoms. The van der Waals surface area contributed by atoms with Crippen molar-refractivity contribution in [2.24, 2.45) is 0 Å². The quantitative estimate of drug-likeness (QED) is 0.681. The normalized spacial score (nSPS) is 12.3. The number of nitrogens with zero attached hydrogens (tertiary/aromatic N) is 2. The minimum Gasteiger partial charge on any atom is -0.269 e. The van der Waals surface area contributed by atoms with E-state index in [1.165, 1.54) is 24.3 Å². The van der Waals surface area contributed by atoms with Gasteiger partial charge in [0, 0.05) is 11.1 Å². The van der Waals surface area contributed by atoms with E-state index in [1.807, 2.05) is 4.72 Å². The van der Waals surface area contributed by atoms with Crippen LogP contribution in [0.1, 0.15) is 12.5 Å². The predicted molar refractivity (Wildman–Crippen MR) is 94.3 cm³/mol. The molecule has 2 N–H and O–H groups in total. The Morgan fingerprint density at radius 1 is 1.16 bits per heavy atom. The lowest BCUT2D eigenvalue weighted by Crippen LogP contribution is -2.29. The number of benzene rings is 2. The van der Waals surface area contributed by atoms with E-state index in [0.29, 0.717) is 21.6 Å². The molecule has 0 fully saturated rings. The number of carbonyl (C=O) groups excluding carboxylic acids is 1. The lowest BCUT2D eigenvalue weighted by Gasteiger charge is -2.06. The Morgan fingerprint density at radius 2 is 1.92 bits per heavy atom. The maximum Gasteiger partial charge on any atom is 0.264 e. The van der Waals surface area contributed by atoms with Crippen LogP contribution in [-0.2, 0) is 14.8 Å². The molecule has 1 aromatic heterocycles. The summed E-state index contributed by atoms with van der Waals surface area (Å²) in [6.45, 7) is 1.69. The van der Waals surface area contributed by atoms with Crippen LogP contribution in [0.4, 0.5) is 0 Å². The largest absolute Gasteiger partial charge is 0.269 e. The van der Waals surface area contributed by atoms with Crippen LogP contribution >= 0.6 is 11.6 Å². The lowest BCUT2D eigenvalue weighted by molar-refractivity contribution is -0.114. The highest BCUT2D eigenvalue weighted by Crippen LogP contribution is 2.19. The fraction of sp³-hybridized carbons (Fsp3) is 0.0625. The molecule has 0 radical (unpaired) electrons. The summed E-state index contributed by atoms with van der Waals surface area (Å²) in [5.41, 5.74) is 2.23. The standard InChI is InChI=1S/C16H13ClN4O3S/c1-10(11-3-2-4-12(17)8-11)7-16(22)20-25(23,24)13-5-6-14-15(9-13)19-21-18-14/h2-9H,1H3,(H,20,22)(H,18,19,21)/b10-7+. The molecule has 0 unspecified atom stereocenters. The molecule has 3 rings (SSSR count). The Labute approximate surface area is 148 Å². The van der Waals surface area contributed by atoms with Crippen LogP contribution in [0.25, 0.3) is 16.6 Å². The van der Waals surface area contributed by atoms with Crippen molar-refractivity contribution in [3.05, 3.63) is 59.1 Å². The van der Waals surface area contributed by atoms with Crippen molar-refractivity contribution in [2.75, 3.05) is 0 Å². The highest BCUT2D eigenvalue weighted by atomic mass is 35.5. The smallest absolute Gasteiger partial charge is 0.264 e. The van der Waals surface area contributed by atoms with Crippen molar-refractivity contribution in [3.63, 3.8) is 0 Å². The summed E-state index contributed by atoms with van der Waals surface area (Å²) in [6.07, 6.45) is 1.21. The second-order valence-corrected chi connectivity index (χ2v) is 7.40. The van der Waals surface area contributed by atoms with Gasteiger partial charge in [0.2, 0.25) is 0 Å². The predicted octanol–water partition coefficient (Wildman–Crippen LogP) is 2.52. The molecule has 128 valence electrons. The van der Waals surface area contributed by atoms with E-state index in [4.69, 9.17) is 11.6 Å². The zero-order valence-electron chi connectivity index (χ0n) is 13.0. The topological polar surface area (TPSA) is 105 Å². The van der Waals surface area contributed by atoms with Crippen molar-refractivity contribution in [1.29, 1.82) is 0 Å². The molecule has 0 aliphatic carbocycles. The number of hydrogen-bond donors (Lipinski definition) is 2. The molecular formula is C16H13ClN4O3S. The third-order valence-corrected chi connectivity index (χ3v) is 5.04. The molecule has 3 aromatic rings. The Balaban J connectivity index is 1.82. The second-order valence-electron chi connectivity index (χ2n) is 5.28. The highest BCUT2D eigenvalue weighted by molar-refractivity contribution is 7.90. The molecule has 0 aliphatic heterocycles. The lowest BCUT2D eigenvalue weighted by atomic mass is 10.1. The van der Waals surface area contributed by atoms with Crippen molar-refractivity contribution < 1.29 is 13.2 Å². The fourth-order valence-corrected chi connectivity index (χ4v) is 3.37. The Morgan fingerprint density at radius 3 is 2.68 bits per heavy atom. The van der Waals surface area contributed by atoms with Gasteiger partial charge in [-0.05, 0) is 48.4 Å². The van der Waals surface area contributed by atoms with Gasteiger partial charge in [-0.15, -0.1) is 0 Å². The van der Waals surface area contributed by atoms with Crippen LogP contribution in [0.2, 0.25) is 5.02 Å². The van der Waals surface area contributed by atoms with Gasteiger partial charge < -0.3 is 0 Å². The van der Waals surface area contributed by atoms with E-state index in [-0.39, 0.29) is 4.90 Å². The molecule has 0 bridgehead atoms. The molecule has 7 nitrogen and oxygen atoms in total. The summed E-state index contributed by atoms with van der Waals surface area (Å²) < 4.78 is 26.7. The number of carbonyl (C=O) groups is 1. The van der Waals surface area contributed by atoms with E-state index in [0.717, 1.165) is 5.56 Å². The van der Waals surface area contributed by atoms with E-state index in [1.54, 1.807) is 31.2 Å². The molecule has 1 heterocycles. The Hall–Kier alpha value is -2.71. The number of aromatic amines is 1. The number of halogens is 1. The molecule has 2 aromatic carbocycles. The monoisotopic (exact) mass is 376 g/mol. The first-order valence-corrected chi connectivity index (χ1v) is 9.03. The van der Waals surface area contributed by atoms with Crippen LogP contribution < -0.4 is 4.72 Å². The van der Waals surface area contributed by atoms with Crippen LogP contribution in [0, 0.1) is 0 Å². The third kappa shape index (κ3) is 3.86. The zero-order valence-corrected chi connectivity index (χ0v) is 14.6. The molecule has 9 heteroatoms. The minimum absolute atomic E-state index is 0.0731. The third-order valence-electron chi connectivity index (χ3n) is 3.46. The number of fused-ring (bicyclic) bond motifs is 1. The van der Waals surface area contributed by atoms with Crippen LogP contribution in [0.5, 0.6) is 0 Å². The van der Waals surface area contributed by atoms with Gasteiger partial charge in [-0.3, -0.25) is 4.79 Å². The minimum atomic E-state index is -4.02. The average molecular weight is 377 g/mol. The van der Waals surface area contributed by atoms with Gasteiger partial charge in [0.05, 0.1) is 4.90 Å². The highest BCUT2D eigenvalue weighted by Gasteiger charge is 2.18. The number of hydrogen-bond acceptors (Lipinski definition) is 5. The second kappa shape index (κ2) is 6.66. The Bertz CT molecular complexity index is 1090. The van der Waals surface area contributed by atoms with E-state index in [2.05, 4.69) is 15.4 Å². The number of amides is 1. The molecular weight excluding hydrogens is 364 g/mol. The first-order valence-electron chi connectivity index (χ1n) is 7.17. The van der Waals surface area contributed by atoms with Crippen molar-refractivity contribution >= 4 is 44.1 Å². The van der Waals surface area contributed by atoms with Gasteiger partial charge in [0.15, 0.2) is 0 Å². The molecule has 1 amide bonds. The van der Waals surface area contributed by atoms with Crippen molar-refractivity contribution in [3.8, 4) is 0 Å². The van der Waals surface area contributed by atoms with Gasteiger partial charge in [0.25, 0.3) is 15.9 Å². The number of H-pyrrole nitrogens is 1. The summed E-state index contributed by atoms with van der Waals surface area (Å²) in [5, 5.41) is 10.6. The van der Waals surface area contributed by atoms with Gasteiger partial charge in [-0.1, -0.05) is 23.7 Å². The fourth-order valence-electron chi connectivity index (χ4n) is 2.22. The Kier molecular flexibility index (Phi) is 4.56. The molecule has 0 saturated heterocycles. The SMILES string of the molecule is C/C(=C\C(=O)NS(=O)(=O)c1ccc2n[nH]nc2c1)c1cccc(Cl)c1. The maximum absolute atomic E-state index is 12.3. The molecule has 0 atom stereocenters. The first-order chi connectivity index (χ1) is 11.8. The number of nitrogens with one attached hydrogen (secondary N) is 2. The summed E-state index contributed by atoms with van der Waals surface area (Å²) in [5.74, 6) is -0.752. The molecule has 25 heavy (non-hydrogen) atoms. The summed E-state index contributed by atoms with van der Waals surface area (Å²) >= 11 is 5.91. The number of rotatable bonds is 4. The van der Waals surface area contributed by atoms with Gasteiger partial charge in [0.1, 0.15) is 11.0 Å². The molecule has 0 aliphatic rings. The number of aromatic nitrogens is 3. The maximum atomic E-state index is 12.3. The molecule has 0 saturated carbocycles.